The third-order valence-electron chi connectivity index (χ3n) is 4.03. The van der Waals surface area contributed by atoms with E-state index >= 15 is 0 Å². The summed E-state index contributed by atoms with van der Waals surface area (Å²) in [4.78, 5) is 14.2. The number of rotatable bonds is 2. The summed E-state index contributed by atoms with van der Waals surface area (Å²) < 4.78 is 31.3. The average molecular weight is 290 g/mol. The second-order valence-electron chi connectivity index (χ2n) is 5.43. The molecule has 0 spiro atoms. The Balaban J connectivity index is 1.92. The van der Waals surface area contributed by atoms with Crippen molar-refractivity contribution in [2.45, 2.75) is 37.4 Å². The molecule has 6 nitrogen and oxygen atoms in total. The fourth-order valence-electron chi connectivity index (χ4n) is 2.94. The van der Waals surface area contributed by atoms with Crippen molar-refractivity contribution in [3.05, 3.63) is 0 Å². The summed E-state index contributed by atoms with van der Waals surface area (Å²) in [6.07, 6.45) is 3.09. The first-order valence-electron chi connectivity index (χ1n) is 6.94. The highest BCUT2D eigenvalue weighted by atomic mass is 32.2. The maximum atomic E-state index is 12.4. The first-order chi connectivity index (χ1) is 8.98. The smallest absolute Gasteiger partial charge is 0.267 e. The lowest BCUT2D eigenvalue weighted by atomic mass is 10.1. The van der Waals surface area contributed by atoms with Gasteiger partial charge in [0, 0.05) is 19.0 Å². The molecule has 2 rings (SSSR count). The zero-order chi connectivity index (χ0) is 13.9. The van der Waals surface area contributed by atoms with Crippen molar-refractivity contribution in [1.82, 2.24) is 10.2 Å². The van der Waals surface area contributed by atoms with Crippen LogP contribution in [0.2, 0.25) is 0 Å². The molecule has 1 aliphatic heterocycles. The van der Waals surface area contributed by atoms with Gasteiger partial charge in [0.05, 0.1) is 5.25 Å². The summed E-state index contributed by atoms with van der Waals surface area (Å²) in [5.74, 6) is -0.174. The second kappa shape index (κ2) is 6.19. The molecule has 0 aromatic carbocycles. The molecule has 0 bridgehead atoms. The van der Waals surface area contributed by atoms with Gasteiger partial charge in [-0.25, -0.2) is 0 Å². The molecular formula is C12H22N2O4S. The van der Waals surface area contributed by atoms with E-state index in [-0.39, 0.29) is 18.2 Å². The van der Waals surface area contributed by atoms with E-state index < -0.39 is 15.4 Å². The van der Waals surface area contributed by atoms with Gasteiger partial charge in [0.1, 0.15) is 0 Å². The highest BCUT2D eigenvalue weighted by Crippen LogP contribution is 2.31. The third kappa shape index (κ3) is 3.90. The molecular weight excluding hydrogens is 268 g/mol. The van der Waals surface area contributed by atoms with E-state index in [2.05, 4.69) is 5.32 Å². The van der Waals surface area contributed by atoms with Crippen molar-refractivity contribution in [3.8, 4) is 0 Å². The van der Waals surface area contributed by atoms with Gasteiger partial charge in [-0.1, -0.05) is 0 Å². The van der Waals surface area contributed by atoms with Gasteiger partial charge in [-0.3, -0.25) is 9.35 Å². The number of amides is 1. The fourth-order valence-corrected chi connectivity index (χ4v) is 3.85. The van der Waals surface area contributed by atoms with Gasteiger partial charge in [0.25, 0.3) is 10.1 Å². The molecule has 2 atom stereocenters. The van der Waals surface area contributed by atoms with Crippen LogP contribution in [-0.2, 0) is 14.9 Å². The number of nitrogens with one attached hydrogen (secondary N) is 1. The molecule has 1 heterocycles. The van der Waals surface area contributed by atoms with Crippen LogP contribution in [0.5, 0.6) is 0 Å². The quantitative estimate of drug-likeness (QED) is 0.712. The van der Waals surface area contributed by atoms with E-state index in [1.165, 1.54) is 0 Å². The molecule has 1 aliphatic carbocycles. The molecule has 19 heavy (non-hydrogen) atoms. The maximum absolute atomic E-state index is 12.4. The minimum atomic E-state index is -3.99. The van der Waals surface area contributed by atoms with E-state index in [4.69, 9.17) is 4.55 Å². The number of nitrogens with zero attached hydrogens (tertiary/aromatic N) is 1. The molecule has 2 fully saturated rings. The van der Waals surface area contributed by atoms with Crippen LogP contribution in [0.15, 0.2) is 0 Å². The van der Waals surface area contributed by atoms with E-state index in [0.29, 0.717) is 12.8 Å². The molecule has 1 amide bonds. The Morgan fingerprint density at radius 2 is 1.79 bits per heavy atom. The van der Waals surface area contributed by atoms with Crippen molar-refractivity contribution in [2.75, 3.05) is 26.2 Å². The summed E-state index contributed by atoms with van der Waals surface area (Å²) >= 11 is 0. The van der Waals surface area contributed by atoms with E-state index in [9.17, 15) is 13.2 Å². The Hall–Kier alpha value is -0.660. The van der Waals surface area contributed by atoms with Gasteiger partial charge in [0.2, 0.25) is 5.91 Å². The number of carbonyl (C=O) groups excluding carboxylic acids is 1. The van der Waals surface area contributed by atoms with Gasteiger partial charge in [0.15, 0.2) is 0 Å². The van der Waals surface area contributed by atoms with E-state index in [0.717, 1.165) is 39.0 Å². The van der Waals surface area contributed by atoms with Gasteiger partial charge in [-0.05, 0) is 45.2 Å². The number of carbonyl (C=O) groups is 1. The minimum Gasteiger partial charge on any atom is -0.342 e. The summed E-state index contributed by atoms with van der Waals surface area (Å²) in [6, 6.07) is 0. The van der Waals surface area contributed by atoms with Crippen molar-refractivity contribution < 1.29 is 17.8 Å². The molecule has 0 aromatic heterocycles. The number of hydrogen-bond donors (Lipinski definition) is 2. The summed E-state index contributed by atoms with van der Waals surface area (Å²) in [5.41, 5.74) is 0. The summed E-state index contributed by atoms with van der Waals surface area (Å²) in [7, 11) is -3.99. The summed E-state index contributed by atoms with van der Waals surface area (Å²) in [6.45, 7) is 3.31. The van der Waals surface area contributed by atoms with Crippen molar-refractivity contribution in [2.24, 2.45) is 5.92 Å². The largest absolute Gasteiger partial charge is 0.342 e. The Kier molecular flexibility index (Phi) is 4.81. The van der Waals surface area contributed by atoms with Crippen molar-refractivity contribution in [3.63, 3.8) is 0 Å². The van der Waals surface area contributed by atoms with E-state index in [1.54, 1.807) is 0 Å². The van der Waals surface area contributed by atoms with Crippen LogP contribution < -0.4 is 5.32 Å². The van der Waals surface area contributed by atoms with E-state index in [1.807, 2.05) is 4.90 Å². The monoisotopic (exact) mass is 290 g/mol. The molecule has 2 N–H and O–H groups in total. The highest BCUT2D eigenvalue weighted by Gasteiger charge is 2.38. The minimum absolute atomic E-state index is 0.0630. The molecule has 1 saturated carbocycles. The second-order valence-corrected chi connectivity index (χ2v) is 7.13. The Labute approximate surface area is 114 Å². The van der Waals surface area contributed by atoms with Gasteiger partial charge >= 0.3 is 0 Å². The molecule has 2 unspecified atom stereocenters. The molecule has 1 saturated heterocycles. The lowest BCUT2D eigenvalue weighted by molar-refractivity contribution is -0.135. The topological polar surface area (TPSA) is 86.7 Å². The van der Waals surface area contributed by atoms with Crippen LogP contribution in [0.25, 0.3) is 0 Å². The molecule has 7 heteroatoms. The Morgan fingerprint density at radius 3 is 2.32 bits per heavy atom. The zero-order valence-electron chi connectivity index (χ0n) is 11.0. The molecule has 0 aromatic rings. The first kappa shape index (κ1) is 14.7. The van der Waals surface area contributed by atoms with Crippen molar-refractivity contribution in [1.29, 1.82) is 0 Å². The van der Waals surface area contributed by atoms with Crippen LogP contribution in [0.1, 0.15) is 32.1 Å². The Bertz CT molecular complexity index is 415. The average Bonchev–Trinajstić information content (AvgIpc) is 2.76. The Morgan fingerprint density at radius 1 is 1.16 bits per heavy atom. The highest BCUT2D eigenvalue weighted by molar-refractivity contribution is 7.86. The van der Waals surface area contributed by atoms with Crippen LogP contribution in [0.4, 0.5) is 0 Å². The maximum Gasteiger partial charge on any atom is 0.267 e. The van der Waals surface area contributed by atoms with Gasteiger partial charge in [-0.15, -0.1) is 0 Å². The lowest BCUT2D eigenvalue weighted by Crippen LogP contribution is -2.41. The summed E-state index contributed by atoms with van der Waals surface area (Å²) in [5, 5.41) is 2.54. The third-order valence-corrected chi connectivity index (χ3v) is 5.30. The van der Waals surface area contributed by atoms with Crippen LogP contribution in [0, 0.1) is 5.92 Å². The van der Waals surface area contributed by atoms with Gasteiger partial charge in [-0.2, -0.15) is 8.42 Å². The molecule has 2 aliphatic rings. The molecule has 0 radical (unpaired) electrons. The lowest BCUT2D eigenvalue weighted by Gasteiger charge is -2.27. The SMILES string of the molecule is O=C(C1CCC(S(=O)(=O)O)C1)N1CCCNCCC1. The molecule has 110 valence electrons. The first-order valence-corrected chi connectivity index (χ1v) is 8.44. The van der Waals surface area contributed by atoms with Crippen LogP contribution in [0.3, 0.4) is 0 Å². The standard InChI is InChI=1S/C12H22N2O4S/c15-12(14-7-1-5-13-6-2-8-14)10-3-4-11(9-10)19(16,17)18/h10-11,13H,1-9H2,(H,16,17,18). The zero-order valence-corrected chi connectivity index (χ0v) is 11.9. The fraction of sp³-hybridized carbons (Fsp3) is 0.917. The number of hydrogen-bond acceptors (Lipinski definition) is 4. The van der Waals surface area contributed by atoms with Crippen molar-refractivity contribution >= 4 is 16.0 Å². The van der Waals surface area contributed by atoms with Gasteiger partial charge < -0.3 is 10.2 Å². The predicted molar refractivity (Wildman–Crippen MR) is 71.4 cm³/mol. The van der Waals surface area contributed by atoms with Crippen LogP contribution >= 0.6 is 0 Å². The predicted octanol–water partition coefficient (Wildman–Crippen LogP) is 0.255. The van der Waals surface area contributed by atoms with Crippen LogP contribution in [-0.4, -0.2) is 55.2 Å². The normalized spacial score (nSPS) is 29.8.